The summed E-state index contributed by atoms with van der Waals surface area (Å²) >= 11 is 5.99. The molecule has 2 rings (SSSR count). The van der Waals surface area contributed by atoms with E-state index in [0.717, 1.165) is 6.26 Å². The van der Waals surface area contributed by atoms with Gasteiger partial charge in [-0.1, -0.05) is 11.6 Å². The lowest BCUT2D eigenvalue weighted by molar-refractivity contribution is 0.168. The SMILES string of the molecule is CS(=O)(=O)CC(O)c1cc2c(cc1Cl)OCCO2. The number of ether oxygens (including phenoxy) is 2. The molecule has 1 aliphatic rings. The molecule has 0 fully saturated rings. The summed E-state index contributed by atoms with van der Waals surface area (Å²) in [6, 6.07) is 3.05. The molecule has 5 nitrogen and oxygen atoms in total. The molecule has 7 heteroatoms. The summed E-state index contributed by atoms with van der Waals surface area (Å²) in [5.41, 5.74) is 0.325. The molecule has 1 aliphatic heterocycles. The average Bonchev–Trinajstić information content (AvgIpc) is 2.25. The predicted molar refractivity (Wildman–Crippen MR) is 67.1 cm³/mol. The Bertz CT molecular complexity index is 555. The van der Waals surface area contributed by atoms with Gasteiger partial charge < -0.3 is 14.6 Å². The minimum atomic E-state index is -3.29. The van der Waals surface area contributed by atoms with Crippen LogP contribution in [0.5, 0.6) is 11.5 Å². The van der Waals surface area contributed by atoms with E-state index < -0.39 is 15.9 Å². The molecule has 1 unspecified atom stereocenters. The number of hydrogen-bond donors (Lipinski definition) is 1. The van der Waals surface area contributed by atoms with Crippen LogP contribution in [0.3, 0.4) is 0 Å². The Morgan fingerprint density at radius 2 is 1.89 bits per heavy atom. The molecule has 0 aliphatic carbocycles. The topological polar surface area (TPSA) is 72.8 Å². The van der Waals surface area contributed by atoms with E-state index in [0.29, 0.717) is 30.3 Å². The van der Waals surface area contributed by atoms with Crippen LogP contribution in [-0.2, 0) is 9.84 Å². The summed E-state index contributed by atoms with van der Waals surface area (Å²) in [7, 11) is -3.29. The van der Waals surface area contributed by atoms with Crippen LogP contribution in [0.2, 0.25) is 5.02 Å². The third-order valence-electron chi connectivity index (χ3n) is 2.48. The number of benzene rings is 1. The van der Waals surface area contributed by atoms with Crippen molar-refractivity contribution in [2.24, 2.45) is 0 Å². The van der Waals surface area contributed by atoms with Crippen LogP contribution in [-0.4, -0.2) is 38.7 Å². The summed E-state index contributed by atoms with van der Waals surface area (Å²) in [6.07, 6.45) is -0.120. The minimum absolute atomic E-state index is 0.260. The molecule has 1 aromatic rings. The second kappa shape index (κ2) is 4.95. The molecule has 0 saturated heterocycles. The molecular weight excluding hydrogens is 280 g/mol. The van der Waals surface area contributed by atoms with Crippen LogP contribution < -0.4 is 9.47 Å². The van der Waals surface area contributed by atoms with E-state index in [4.69, 9.17) is 21.1 Å². The third-order valence-corrected chi connectivity index (χ3v) is 3.73. The normalized spacial score (nSPS) is 16.4. The zero-order chi connectivity index (χ0) is 13.3. The molecule has 0 radical (unpaired) electrons. The van der Waals surface area contributed by atoms with Gasteiger partial charge in [-0.05, 0) is 6.07 Å². The van der Waals surface area contributed by atoms with E-state index in [-0.39, 0.29) is 10.8 Å². The summed E-state index contributed by atoms with van der Waals surface area (Å²) in [5.74, 6) is 0.585. The molecule has 18 heavy (non-hydrogen) atoms. The van der Waals surface area contributed by atoms with Gasteiger partial charge in [0.2, 0.25) is 0 Å². The van der Waals surface area contributed by atoms with Crippen LogP contribution >= 0.6 is 11.6 Å². The number of sulfone groups is 1. The summed E-state index contributed by atoms with van der Waals surface area (Å²) in [5, 5.41) is 10.1. The molecule has 1 N–H and O–H groups in total. The van der Waals surface area contributed by atoms with Gasteiger partial charge in [-0.25, -0.2) is 8.42 Å². The van der Waals surface area contributed by atoms with Crippen molar-refractivity contribution in [3.63, 3.8) is 0 Å². The number of rotatable bonds is 3. The molecule has 0 aromatic heterocycles. The third kappa shape index (κ3) is 3.07. The zero-order valence-electron chi connectivity index (χ0n) is 9.72. The van der Waals surface area contributed by atoms with E-state index in [9.17, 15) is 13.5 Å². The van der Waals surface area contributed by atoms with Crippen LogP contribution in [0.4, 0.5) is 0 Å². The highest BCUT2D eigenvalue weighted by molar-refractivity contribution is 7.90. The van der Waals surface area contributed by atoms with Crippen molar-refractivity contribution in [2.45, 2.75) is 6.10 Å². The first kappa shape index (κ1) is 13.5. The monoisotopic (exact) mass is 292 g/mol. The predicted octanol–water partition coefficient (Wildman–Crippen LogP) is 1.19. The van der Waals surface area contributed by atoms with Gasteiger partial charge in [-0.15, -0.1) is 0 Å². The molecule has 0 saturated carbocycles. The highest BCUT2D eigenvalue weighted by atomic mass is 35.5. The second-order valence-corrected chi connectivity index (χ2v) is 6.72. The smallest absolute Gasteiger partial charge is 0.162 e. The van der Waals surface area contributed by atoms with Crippen molar-refractivity contribution in [2.75, 3.05) is 25.2 Å². The van der Waals surface area contributed by atoms with Gasteiger partial charge in [0, 0.05) is 17.9 Å². The van der Waals surface area contributed by atoms with Crippen molar-refractivity contribution < 1.29 is 23.0 Å². The molecule has 1 aromatic carbocycles. The zero-order valence-corrected chi connectivity index (χ0v) is 11.3. The molecule has 100 valence electrons. The van der Waals surface area contributed by atoms with E-state index in [1.807, 2.05) is 0 Å². The summed E-state index contributed by atoms with van der Waals surface area (Å²) in [4.78, 5) is 0. The standard InChI is InChI=1S/C11H13ClO5S/c1-18(14,15)6-9(13)7-4-10-11(5-8(7)12)17-3-2-16-10/h4-5,9,13H,2-3,6H2,1H3. The molecule has 0 bridgehead atoms. The Balaban J connectivity index is 2.33. The number of halogens is 1. The van der Waals surface area contributed by atoms with Crippen molar-refractivity contribution in [1.82, 2.24) is 0 Å². The van der Waals surface area contributed by atoms with Crippen LogP contribution in [0.15, 0.2) is 12.1 Å². The molecule has 1 heterocycles. The van der Waals surface area contributed by atoms with Gasteiger partial charge >= 0.3 is 0 Å². The first-order valence-corrected chi connectivity index (χ1v) is 7.75. The molecular formula is C11H13ClO5S. The van der Waals surface area contributed by atoms with E-state index in [2.05, 4.69) is 0 Å². The van der Waals surface area contributed by atoms with E-state index in [1.54, 1.807) is 0 Å². The lowest BCUT2D eigenvalue weighted by Crippen LogP contribution is -2.17. The highest BCUT2D eigenvalue weighted by Crippen LogP contribution is 2.37. The van der Waals surface area contributed by atoms with Crippen molar-refractivity contribution in [3.05, 3.63) is 22.7 Å². The first-order valence-electron chi connectivity index (χ1n) is 5.31. The van der Waals surface area contributed by atoms with Crippen molar-refractivity contribution >= 4 is 21.4 Å². The Morgan fingerprint density at radius 1 is 1.33 bits per heavy atom. The van der Waals surface area contributed by atoms with E-state index >= 15 is 0 Å². The first-order chi connectivity index (χ1) is 8.37. The Morgan fingerprint density at radius 3 is 2.44 bits per heavy atom. The van der Waals surface area contributed by atoms with Crippen molar-refractivity contribution in [1.29, 1.82) is 0 Å². The number of aliphatic hydroxyl groups excluding tert-OH is 1. The van der Waals surface area contributed by atoms with Gasteiger partial charge in [0.1, 0.15) is 23.1 Å². The van der Waals surface area contributed by atoms with E-state index in [1.165, 1.54) is 12.1 Å². The number of fused-ring (bicyclic) bond motifs is 1. The largest absolute Gasteiger partial charge is 0.486 e. The van der Waals surface area contributed by atoms with Gasteiger partial charge in [-0.2, -0.15) is 0 Å². The van der Waals surface area contributed by atoms with Crippen molar-refractivity contribution in [3.8, 4) is 11.5 Å². The highest BCUT2D eigenvalue weighted by Gasteiger charge is 2.21. The summed E-state index contributed by atoms with van der Waals surface area (Å²) in [6.45, 7) is 0.852. The number of hydrogen-bond acceptors (Lipinski definition) is 5. The fourth-order valence-corrected chi connectivity index (χ4v) is 2.74. The Kier molecular flexibility index (Phi) is 3.70. The molecule has 0 amide bonds. The van der Waals surface area contributed by atoms with Crippen LogP contribution in [0, 0.1) is 0 Å². The lowest BCUT2D eigenvalue weighted by Gasteiger charge is -2.21. The maximum atomic E-state index is 11.2. The fourth-order valence-electron chi connectivity index (χ4n) is 1.71. The Labute approximate surface area is 110 Å². The minimum Gasteiger partial charge on any atom is -0.486 e. The maximum absolute atomic E-state index is 11.2. The summed E-state index contributed by atoms with van der Waals surface area (Å²) < 4.78 is 33.0. The van der Waals surface area contributed by atoms with Gasteiger partial charge in [0.05, 0.1) is 16.9 Å². The quantitative estimate of drug-likeness (QED) is 0.906. The van der Waals surface area contributed by atoms with Crippen LogP contribution in [0.1, 0.15) is 11.7 Å². The lowest BCUT2D eigenvalue weighted by atomic mass is 10.1. The van der Waals surface area contributed by atoms with Crippen LogP contribution in [0.25, 0.3) is 0 Å². The maximum Gasteiger partial charge on any atom is 0.162 e. The van der Waals surface area contributed by atoms with Gasteiger partial charge in [0.25, 0.3) is 0 Å². The number of aliphatic hydroxyl groups is 1. The molecule has 0 spiro atoms. The van der Waals surface area contributed by atoms with Gasteiger partial charge in [-0.3, -0.25) is 0 Å². The fraction of sp³-hybridized carbons (Fsp3) is 0.455. The molecule has 1 atom stereocenters. The average molecular weight is 293 g/mol. The Hall–Kier alpha value is -0.980. The van der Waals surface area contributed by atoms with Gasteiger partial charge in [0.15, 0.2) is 11.5 Å². The second-order valence-electron chi connectivity index (χ2n) is 4.13.